The summed E-state index contributed by atoms with van der Waals surface area (Å²) < 4.78 is 53.1. The lowest BCUT2D eigenvalue weighted by Crippen LogP contribution is -2.42. The van der Waals surface area contributed by atoms with E-state index in [4.69, 9.17) is 11.1 Å². The minimum Gasteiger partial charge on any atom is -0.387 e. The number of nitrogens with two attached hydrogens (primary N) is 1. The average Bonchev–Trinajstić information content (AvgIpc) is 2.79. The molecule has 1 fully saturated rings. The van der Waals surface area contributed by atoms with Crippen LogP contribution < -0.4 is 10.5 Å². The normalized spacial score (nSPS) is 22.9. The molecular weight excluding hydrogens is 288 g/mol. The van der Waals surface area contributed by atoms with Crippen LogP contribution in [0.4, 0.5) is 8.78 Å². The van der Waals surface area contributed by atoms with Crippen LogP contribution in [0, 0.1) is 23.0 Å². The molecule has 110 valence electrons. The molecule has 20 heavy (non-hydrogen) atoms. The molecule has 0 heterocycles. The Morgan fingerprint density at radius 1 is 1.35 bits per heavy atom. The van der Waals surface area contributed by atoms with Crippen molar-refractivity contribution in [1.29, 1.82) is 5.41 Å². The Morgan fingerprint density at radius 3 is 2.70 bits per heavy atom. The lowest BCUT2D eigenvalue weighted by atomic mass is 10.0. The van der Waals surface area contributed by atoms with Crippen molar-refractivity contribution < 1.29 is 17.2 Å². The third-order valence-electron chi connectivity index (χ3n) is 3.40. The summed E-state index contributed by atoms with van der Waals surface area (Å²) in [6, 6.07) is 1.69. The summed E-state index contributed by atoms with van der Waals surface area (Å²) >= 11 is 0. The number of sulfonamides is 1. The van der Waals surface area contributed by atoms with Gasteiger partial charge in [0.2, 0.25) is 10.0 Å². The molecular formula is C12H15F2N3O2S. The Hall–Kier alpha value is -1.54. The van der Waals surface area contributed by atoms with Gasteiger partial charge in [0.1, 0.15) is 16.5 Å². The van der Waals surface area contributed by atoms with Crippen LogP contribution in [0.15, 0.2) is 23.1 Å². The van der Waals surface area contributed by atoms with E-state index < -0.39 is 38.5 Å². The van der Waals surface area contributed by atoms with Crippen molar-refractivity contribution in [2.45, 2.75) is 30.2 Å². The summed E-state index contributed by atoms with van der Waals surface area (Å²) in [4.78, 5) is -0.730. The van der Waals surface area contributed by atoms with Crippen molar-refractivity contribution in [1.82, 2.24) is 4.72 Å². The van der Waals surface area contributed by atoms with Gasteiger partial charge in [-0.2, -0.15) is 0 Å². The Labute approximate surface area is 115 Å². The van der Waals surface area contributed by atoms with Crippen molar-refractivity contribution in [2.75, 3.05) is 0 Å². The molecule has 2 rings (SSSR count). The minimum atomic E-state index is -4.18. The summed E-state index contributed by atoms with van der Waals surface area (Å²) in [6.07, 6.45) is 1.84. The van der Waals surface area contributed by atoms with E-state index in [2.05, 4.69) is 4.72 Å². The molecule has 8 heteroatoms. The minimum absolute atomic E-state index is 0.102. The number of rotatable bonds is 4. The van der Waals surface area contributed by atoms with E-state index in [1.807, 2.05) is 0 Å². The van der Waals surface area contributed by atoms with Crippen LogP contribution in [-0.2, 0) is 10.0 Å². The van der Waals surface area contributed by atoms with Crippen LogP contribution in [0.5, 0.6) is 0 Å². The first kappa shape index (κ1) is 14.9. The molecule has 0 aliphatic heterocycles. The maximum absolute atomic E-state index is 13.5. The fourth-order valence-electron chi connectivity index (χ4n) is 2.42. The van der Waals surface area contributed by atoms with Gasteiger partial charge in [-0.05, 0) is 31.0 Å². The zero-order valence-electron chi connectivity index (χ0n) is 10.6. The molecule has 2 atom stereocenters. The van der Waals surface area contributed by atoms with E-state index in [1.165, 1.54) is 0 Å². The first-order valence-electron chi connectivity index (χ1n) is 6.12. The summed E-state index contributed by atoms with van der Waals surface area (Å²) in [6.45, 7) is 0. The molecule has 2 unspecified atom stereocenters. The smallest absolute Gasteiger partial charge is 0.243 e. The molecule has 0 spiro atoms. The van der Waals surface area contributed by atoms with Gasteiger partial charge in [-0.3, -0.25) is 5.41 Å². The van der Waals surface area contributed by atoms with E-state index in [-0.39, 0.29) is 5.84 Å². The molecule has 1 aromatic carbocycles. The summed E-state index contributed by atoms with van der Waals surface area (Å²) in [7, 11) is -4.18. The highest BCUT2D eigenvalue weighted by molar-refractivity contribution is 7.89. The fraction of sp³-hybridized carbons (Fsp3) is 0.417. The molecule has 0 saturated heterocycles. The highest BCUT2D eigenvalue weighted by atomic mass is 32.2. The fourth-order valence-corrected chi connectivity index (χ4v) is 3.82. The van der Waals surface area contributed by atoms with Gasteiger partial charge in [0, 0.05) is 12.0 Å². The van der Waals surface area contributed by atoms with Gasteiger partial charge in [0.05, 0.1) is 5.84 Å². The number of benzene rings is 1. The molecule has 1 aliphatic carbocycles. The number of amidine groups is 1. The Balaban J connectivity index is 2.27. The van der Waals surface area contributed by atoms with E-state index >= 15 is 0 Å². The third-order valence-corrected chi connectivity index (χ3v) is 4.91. The molecule has 0 aromatic heterocycles. The van der Waals surface area contributed by atoms with Crippen molar-refractivity contribution in [3.05, 3.63) is 29.8 Å². The monoisotopic (exact) mass is 303 g/mol. The molecule has 1 saturated carbocycles. The first-order chi connectivity index (χ1) is 9.31. The maximum atomic E-state index is 13.5. The van der Waals surface area contributed by atoms with Crippen LogP contribution in [0.1, 0.15) is 19.3 Å². The van der Waals surface area contributed by atoms with Gasteiger partial charge in [-0.15, -0.1) is 0 Å². The molecule has 5 nitrogen and oxygen atoms in total. The third kappa shape index (κ3) is 2.96. The van der Waals surface area contributed by atoms with E-state index in [0.717, 1.165) is 18.6 Å². The van der Waals surface area contributed by atoms with Crippen molar-refractivity contribution in [2.24, 2.45) is 11.7 Å². The van der Waals surface area contributed by atoms with Gasteiger partial charge in [-0.1, -0.05) is 6.42 Å². The van der Waals surface area contributed by atoms with Crippen molar-refractivity contribution in [3.8, 4) is 0 Å². The van der Waals surface area contributed by atoms with Crippen LogP contribution in [0.25, 0.3) is 0 Å². The number of hydrogen-bond acceptors (Lipinski definition) is 3. The standard InChI is InChI=1S/C12H15F2N3O2S/c13-7-4-5-9(14)11(6-7)20(18,19)17-10-3-1-2-8(10)12(15)16/h4-6,8,10,17H,1-3H2,(H3,15,16). The van der Waals surface area contributed by atoms with Gasteiger partial charge < -0.3 is 5.73 Å². The topological polar surface area (TPSA) is 96.0 Å². The quantitative estimate of drug-likeness (QED) is 0.578. The lowest BCUT2D eigenvalue weighted by Gasteiger charge is -2.20. The Morgan fingerprint density at radius 2 is 2.05 bits per heavy atom. The lowest BCUT2D eigenvalue weighted by molar-refractivity contribution is 0.510. The average molecular weight is 303 g/mol. The molecule has 4 N–H and O–H groups in total. The predicted molar refractivity (Wildman–Crippen MR) is 69.7 cm³/mol. The van der Waals surface area contributed by atoms with Gasteiger partial charge >= 0.3 is 0 Å². The number of halogens is 2. The largest absolute Gasteiger partial charge is 0.387 e. The summed E-state index contributed by atoms with van der Waals surface area (Å²) in [5, 5.41) is 7.42. The van der Waals surface area contributed by atoms with Gasteiger partial charge in [-0.25, -0.2) is 21.9 Å². The second-order valence-corrected chi connectivity index (χ2v) is 6.48. The molecule has 0 amide bonds. The van der Waals surface area contributed by atoms with Crippen molar-refractivity contribution in [3.63, 3.8) is 0 Å². The predicted octanol–water partition coefficient (Wildman–Crippen LogP) is 1.35. The maximum Gasteiger partial charge on any atom is 0.243 e. The SMILES string of the molecule is N=C(N)C1CCCC1NS(=O)(=O)c1cc(F)ccc1F. The highest BCUT2D eigenvalue weighted by Gasteiger charge is 2.34. The van der Waals surface area contributed by atoms with Crippen LogP contribution in [0.2, 0.25) is 0 Å². The molecule has 1 aromatic rings. The van der Waals surface area contributed by atoms with Crippen LogP contribution in [-0.4, -0.2) is 20.3 Å². The first-order valence-corrected chi connectivity index (χ1v) is 7.61. The van der Waals surface area contributed by atoms with Gasteiger partial charge in [0.15, 0.2) is 0 Å². The van der Waals surface area contributed by atoms with E-state index in [0.29, 0.717) is 18.9 Å². The Kier molecular flexibility index (Phi) is 4.05. The number of hydrogen-bond donors (Lipinski definition) is 3. The number of nitrogens with one attached hydrogen (secondary N) is 2. The zero-order chi connectivity index (χ0) is 14.9. The zero-order valence-corrected chi connectivity index (χ0v) is 11.4. The van der Waals surface area contributed by atoms with E-state index in [9.17, 15) is 17.2 Å². The van der Waals surface area contributed by atoms with Gasteiger partial charge in [0.25, 0.3) is 0 Å². The molecule has 1 aliphatic rings. The molecule has 0 bridgehead atoms. The summed E-state index contributed by atoms with van der Waals surface area (Å²) in [5.74, 6) is -2.35. The van der Waals surface area contributed by atoms with E-state index in [1.54, 1.807) is 0 Å². The van der Waals surface area contributed by atoms with Crippen molar-refractivity contribution >= 4 is 15.9 Å². The van der Waals surface area contributed by atoms with Crippen LogP contribution in [0.3, 0.4) is 0 Å². The summed E-state index contributed by atoms with van der Waals surface area (Å²) in [5.41, 5.74) is 5.41. The second kappa shape index (κ2) is 5.45. The second-order valence-electron chi connectivity index (χ2n) is 4.80. The highest BCUT2D eigenvalue weighted by Crippen LogP contribution is 2.27. The van der Waals surface area contributed by atoms with Crippen LogP contribution >= 0.6 is 0 Å². The Bertz CT molecular complexity index is 634. The molecule has 0 radical (unpaired) electrons.